The largest absolute Gasteiger partial charge is 0.389 e. The molecule has 0 spiro atoms. The molecule has 4 aliphatic rings. The summed E-state index contributed by atoms with van der Waals surface area (Å²) in [5, 5.41) is 24.7. The first-order chi connectivity index (χ1) is 13.2. The SMILES string of the molecule is C[C@]12CCC(S)CC1CC[C@@H]1[C@H]2CC[C@]2(C)C(O)(c3ccccc3)CC[C@@]12O. The first-order valence-corrected chi connectivity index (χ1v) is 11.9. The molecule has 4 fully saturated rings. The van der Waals surface area contributed by atoms with Gasteiger partial charge in [-0.1, -0.05) is 44.2 Å². The molecule has 8 atom stereocenters. The Morgan fingerprint density at radius 1 is 0.857 bits per heavy atom. The van der Waals surface area contributed by atoms with Crippen LogP contribution in [0.25, 0.3) is 0 Å². The zero-order valence-corrected chi connectivity index (χ0v) is 18.3. The van der Waals surface area contributed by atoms with Crippen LogP contribution in [0.15, 0.2) is 30.3 Å². The normalized spacial score (nSPS) is 53.2. The zero-order valence-electron chi connectivity index (χ0n) is 17.4. The fraction of sp³-hybridized carbons (Fsp3) is 0.760. The van der Waals surface area contributed by atoms with Crippen LogP contribution in [0.5, 0.6) is 0 Å². The third kappa shape index (κ3) is 2.30. The van der Waals surface area contributed by atoms with Gasteiger partial charge in [0.05, 0.1) is 11.2 Å². The maximum absolute atomic E-state index is 12.2. The third-order valence-corrected chi connectivity index (χ3v) is 10.7. The summed E-state index contributed by atoms with van der Waals surface area (Å²) in [6.07, 6.45) is 9.50. The van der Waals surface area contributed by atoms with Gasteiger partial charge in [-0.05, 0) is 86.5 Å². The Bertz CT molecular complexity index is 752. The van der Waals surface area contributed by atoms with Gasteiger partial charge in [-0.25, -0.2) is 0 Å². The molecule has 5 rings (SSSR count). The van der Waals surface area contributed by atoms with Crippen molar-refractivity contribution in [2.75, 3.05) is 0 Å². The molecule has 3 unspecified atom stereocenters. The topological polar surface area (TPSA) is 40.5 Å². The van der Waals surface area contributed by atoms with Crippen molar-refractivity contribution < 1.29 is 10.2 Å². The van der Waals surface area contributed by atoms with Crippen molar-refractivity contribution in [2.45, 2.75) is 88.1 Å². The molecule has 0 bridgehead atoms. The molecule has 4 saturated carbocycles. The highest BCUT2D eigenvalue weighted by Crippen LogP contribution is 2.71. The predicted molar refractivity (Wildman–Crippen MR) is 116 cm³/mol. The van der Waals surface area contributed by atoms with E-state index in [2.05, 4.69) is 26.0 Å². The van der Waals surface area contributed by atoms with Crippen molar-refractivity contribution in [3.8, 4) is 0 Å². The smallest absolute Gasteiger partial charge is 0.0978 e. The average Bonchev–Trinajstić information content (AvgIpc) is 2.91. The highest BCUT2D eigenvalue weighted by atomic mass is 32.1. The third-order valence-electron chi connectivity index (χ3n) is 10.2. The fourth-order valence-corrected chi connectivity index (χ4v) is 8.78. The molecule has 0 aliphatic heterocycles. The summed E-state index contributed by atoms with van der Waals surface area (Å²) in [7, 11) is 0. The van der Waals surface area contributed by atoms with Gasteiger partial charge in [0.2, 0.25) is 0 Å². The van der Waals surface area contributed by atoms with Crippen molar-refractivity contribution in [3.05, 3.63) is 35.9 Å². The summed E-state index contributed by atoms with van der Waals surface area (Å²) in [5.41, 5.74) is -0.817. The van der Waals surface area contributed by atoms with E-state index < -0.39 is 16.6 Å². The van der Waals surface area contributed by atoms with Gasteiger partial charge in [0, 0.05) is 10.7 Å². The Hall–Kier alpha value is -0.510. The Morgan fingerprint density at radius 3 is 2.36 bits per heavy atom. The summed E-state index contributed by atoms with van der Waals surface area (Å²) in [4.78, 5) is 0. The van der Waals surface area contributed by atoms with E-state index in [4.69, 9.17) is 12.6 Å². The second-order valence-corrected chi connectivity index (χ2v) is 11.7. The van der Waals surface area contributed by atoms with Gasteiger partial charge in [-0.15, -0.1) is 0 Å². The van der Waals surface area contributed by atoms with Gasteiger partial charge in [0.15, 0.2) is 0 Å². The van der Waals surface area contributed by atoms with E-state index in [-0.39, 0.29) is 0 Å². The first-order valence-electron chi connectivity index (χ1n) is 11.4. The highest BCUT2D eigenvalue weighted by Gasteiger charge is 2.71. The van der Waals surface area contributed by atoms with Gasteiger partial charge in [0.25, 0.3) is 0 Å². The van der Waals surface area contributed by atoms with Crippen LogP contribution in [-0.4, -0.2) is 21.1 Å². The molecule has 28 heavy (non-hydrogen) atoms. The van der Waals surface area contributed by atoms with E-state index in [0.29, 0.717) is 28.9 Å². The minimum atomic E-state index is -0.922. The van der Waals surface area contributed by atoms with Gasteiger partial charge in [-0.2, -0.15) is 12.6 Å². The lowest BCUT2D eigenvalue weighted by molar-refractivity contribution is -0.235. The van der Waals surface area contributed by atoms with E-state index >= 15 is 0 Å². The van der Waals surface area contributed by atoms with Crippen molar-refractivity contribution >= 4 is 12.6 Å². The highest BCUT2D eigenvalue weighted by molar-refractivity contribution is 7.80. The number of fused-ring (bicyclic) bond motifs is 5. The molecule has 0 aromatic heterocycles. The minimum absolute atomic E-state index is 0.321. The Labute approximate surface area is 175 Å². The summed E-state index contributed by atoms with van der Waals surface area (Å²) >= 11 is 4.80. The molecule has 1 aromatic rings. The van der Waals surface area contributed by atoms with Crippen molar-refractivity contribution in [2.24, 2.45) is 28.6 Å². The summed E-state index contributed by atoms with van der Waals surface area (Å²) in [6, 6.07) is 10.1. The molecule has 4 aliphatic carbocycles. The monoisotopic (exact) mass is 400 g/mol. The molecule has 2 nitrogen and oxygen atoms in total. The molecule has 0 radical (unpaired) electrons. The minimum Gasteiger partial charge on any atom is -0.389 e. The fourth-order valence-electron chi connectivity index (χ4n) is 8.40. The van der Waals surface area contributed by atoms with Crippen molar-refractivity contribution in [1.29, 1.82) is 0 Å². The summed E-state index contributed by atoms with van der Waals surface area (Å²) in [6.45, 7) is 4.70. The number of hydrogen-bond donors (Lipinski definition) is 3. The van der Waals surface area contributed by atoms with E-state index in [1.807, 2.05) is 18.2 Å². The van der Waals surface area contributed by atoms with Gasteiger partial charge in [-0.3, -0.25) is 0 Å². The molecule has 0 amide bonds. The van der Waals surface area contributed by atoms with Crippen LogP contribution in [0.2, 0.25) is 0 Å². The van der Waals surface area contributed by atoms with E-state index in [1.165, 1.54) is 25.7 Å². The van der Waals surface area contributed by atoms with Crippen LogP contribution < -0.4 is 0 Å². The maximum atomic E-state index is 12.2. The molecule has 3 heteroatoms. The summed E-state index contributed by atoms with van der Waals surface area (Å²) in [5.74, 6) is 1.66. The van der Waals surface area contributed by atoms with Crippen molar-refractivity contribution in [3.63, 3.8) is 0 Å². The second kappa shape index (κ2) is 6.25. The standard InChI is InChI=1S/C25H36O2S/c1-22-12-10-19(28)16-18(22)8-9-21-20(22)11-13-23(2)24(26,14-15-25(21,23)27)17-6-4-3-5-7-17/h3-7,18-21,26-28H,8-16H2,1-2H3/t18?,19?,20-,21-,22+,23-,24?,25-/m1/s1. The molecule has 154 valence electrons. The lowest BCUT2D eigenvalue weighted by Gasteiger charge is -2.64. The number of benzene rings is 1. The van der Waals surface area contributed by atoms with Crippen LogP contribution in [0, 0.1) is 28.6 Å². The van der Waals surface area contributed by atoms with Crippen LogP contribution in [-0.2, 0) is 5.60 Å². The quantitative estimate of drug-likeness (QED) is 0.558. The lowest BCUT2D eigenvalue weighted by atomic mass is 9.43. The van der Waals surface area contributed by atoms with E-state index in [0.717, 1.165) is 37.2 Å². The molecule has 0 heterocycles. The Morgan fingerprint density at radius 2 is 1.61 bits per heavy atom. The molecule has 0 saturated heterocycles. The number of thiol groups is 1. The van der Waals surface area contributed by atoms with Gasteiger partial charge < -0.3 is 10.2 Å². The Balaban J connectivity index is 1.52. The lowest BCUT2D eigenvalue weighted by Crippen LogP contribution is -2.64. The second-order valence-electron chi connectivity index (χ2n) is 10.9. The number of aliphatic hydroxyl groups is 2. The van der Waals surface area contributed by atoms with Crippen LogP contribution >= 0.6 is 12.6 Å². The van der Waals surface area contributed by atoms with E-state index in [9.17, 15) is 10.2 Å². The molecule has 1 aromatic carbocycles. The van der Waals surface area contributed by atoms with Crippen LogP contribution in [0.4, 0.5) is 0 Å². The van der Waals surface area contributed by atoms with Crippen LogP contribution in [0.3, 0.4) is 0 Å². The predicted octanol–water partition coefficient (Wildman–Crippen LogP) is 5.33. The zero-order chi connectivity index (χ0) is 19.8. The Kier molecular flexibility index (Phi) is 4.34. The summed E-state index contributed by atoms with van der Waals surface area (Å²) < 4.78 is 0. The van der Waals surface area contributed by atoms with E-state index in [1.54, 1.807) is 0 Å². The maximum Gasteiger partial charge on any atom is 0.0978 e. The molecular formula is C25H36O2S. The first kappa shape index (κ1) is 19.5. The average molecular weight is 401 g/mol. The van der Waals surface area contributed by atoms with Gasteiger partial charge >= 0.3 is 0 Å². The number of rotatable bonds is 1. The molecular weight excluding hydrogens is 364 g/mol. The number of hydrogen-bond acceptors (Lipinski definition) is 3. The van der Waals surface area contributed by atoms with Crippen LogP contribution in [0.1, 0.15) is 77.2 Å². The van der Waals surface area contributed by atoms with Crippen molar-refractivity contribution in [1.82, 2.24) is 0 Å². The van der Waals surface area contributed by atoms with Gasteiger partial charge in [0.1, 0.15) is 0 Å². The molecule has 2 N–H and O–H groups in total.